The van der Waals surface area contributed by atoms with Crippen molar-refractivity contribution in [3.05, 3.63) is 27.7 Å². The lowest BCUT2D eigenvalue weighted by atomic mass is 9.70. The van der Waals surface area contributed by atoms with Crippen molar-refractivity contribution in [3.8, 4) is 0 Å². The van der Waals surface area contributed by atoms with E-state index in [0.29, 0.717) is 6.54 Å². The van der Waals surface area contributed by atoms with Crippen LogP contribution in [0.5, 0.6) is 0 Å². The fourth-order valence-electron chi connectivity index (χ4n) is 2.24. The molecule has 21 heavy (non-hydrogen) atoms. The minimum absolute atomic E-state index is 0.0103. The number of hydrogen-bond donors (Lipinski definition) is 2. The number of nitrogens with two attached hydrogens (primary N) is 1. The first kappa shape index (κ1) is 16.5. The average molecular weight is 351 g/mol. The minimum Gasteiger partial charge on any atom is -0.351 e. The Morgan fingerprint density at radius 3 is 2.48 bits per heavy atom. The number of carbonyl (C=O) groups is 1. The molecule has 0 bridgehead atoms. The zero-order chi connectivity index (χ0) is 15.8. The van der Waals surface area contributed by atoms with E-state index in [1.807, 2.05) is 0 Å². The summed E-state index contributed by atoms with van der Waals surface area (Å²) < 4.78 is 22.8. The smallest absolute Gasteiger partial charge is 0.252 e. The highest BCUT2D eigenvalue weighted by atomic mass is 35.5. The Hall–Kier alpha value is -0.820. The fourth-order valence-corrected chi connectivity index (χ4v) is 3.28. The summed E-state index contributed by atoms with van der Waals surface area (Å²) in [4.78, 5) is 12.0. The van der Waals surface area contributed by atoms with Gasteiger partial charge in [0, 0.05) is 6.54 Å². The Morgan fingerprint density at radius 1 is 1.38 bits per heavy atom. The monoisotopic (exact) mass is 350 g/mol. The molecule has 1 aromatic rings. The number of halogens is 2. The van der Waals surface area contributed by atoms with Crippen LogP contribution in [-0.2, 0) is 10.0 Å². The lowest BCUT2D eigenvalue weighted by Gasteiger charge is -2.38. The maximum atomic E-state index is 12.2. The van der Waals surface area contributed by atoms with Gasteiger partial charge in [-0.1, -0.05) is 36.5 Å². The molecule has 1 fully saturated rings. The van der Waals surface area contributed by atoms with E-state index in [-0.39, 0.29) is 25.9 Å². The van der Waals surface area contributed by atoms with E-state index >= 15 is 0 Å². The van der Waals surface area contributed by atoms with Crippen LogP contribution in [0.25, 0.3) is 0 Å². The van der Waals surface area contributed by atoms with E-state index in [0.717, 1.165) is 31.4 Å². The van der Waals surface area contributed by atoms with Gasteiger partial charge in [0.25, 0.3) is 5.91 Å². The summed E-state index contributed by atoms with van der Waals surface area (Å²) >= 11 is 11.8. The SMILES string of the molecule is CC1(CNC(=O)c2cc(S(N)(=O)=O)cc(Cl)c2Cl)CCC1. The molecule has 0 spiro atoms. The highest BCUT2D eigenvalue weighted by Gasteiger charge is 2.32. The van der Waals surface area contributed by atoms with Gasteiger partial charge in [-0.3, -0.25) is 4.79 Å². The van der Waals surface area contributed by atoms with Gasteiger partial charge in [-0.15, -0.1) is 0 Å². The van der Waals surface area contributed by atoms with Gasteiger partial charge in [0.1, 0.15) is 0 Å². The number of primary sulfonamides is 1. The third kappa shape index (κ3) is 3.69. The summed E-state index contributed by atoms with van der Waals surface area (Å²) in [5.74, 6) is -0.458. The fraction of sp³-hybridized carbons (Fsp3) is 0.462. The zero-order valence-corrected chi connectivity index (χ0v) is 13.8. The number of sulfonamides is 1. The molecule has 1 aliphatic carbocycles. The van der Waals surface area contributed by atoms with Gasteiger partial charge in [-0.25, -0.2) is 13.6 Å². The number of hydrogen-bond acceptors (Lipinski definition) is 3. The quantitative estimate of drug-likeness (QED) is 0.874. The third-order valence-corrected chi connectivity index (χ3v) is 5.51. The summed E-state index contributed by atoms with van der Waals surface area (Å²) in [5, 5.41) is 7.82. The molecule has 0 unspecified atom stereocenters. The van der Waals surface area contributed by atoms with Gasteiger partial charge < -0.3 is 5.32 Å². The van der Waals surface area contributed by atoms with E-state index in [2.05, 4.69) is 12.2 Å². The van der Waals surface area contributed by atoms with Crippen molar-refractivity contribution in [2.45, 2.75) is 31.1 Å². The first-order chi connectivity index (χ1) is 9.62. The number of benzene rings is 1. The van der Waals surface area contributed by atoms with Gasteiger partial charge in [0.15, 0.2) is 0 Å². The van der Waals surface area contributed by atoms with E-state index < -0.39 is 15.9 Å². The van der Waals surface area contributed by atoms with Gasteiger partial charge in [-0.2, -0.15) is 0 Å². The lowest BCUT2D eigenvalue weighted by Crippen LogP contribution is -2.40. The van der Waals surface area contributed by atoms with Crippen LogP contribution in [0.15, 0.2) is 17.0 Å². The molecule has 0 aromatic heterocycles. The Morgan fingerprint density at radius 2 is 2.00 bits per heavy atom. The number of rotatable bonds is 4. The number of carbonyl (C=O) groups excluding carboxylic acids is 1. The Balaban J connectivity index is 2.25. The van der Waals surface area contributed by atoms with Crippen molar-refractivity contribution >= 4 is 39.1 Å². The van der Waals surface area contributed by atoms with Crippen molar-refractivity contribution in [2.24, 2.45) is 10.6 Å². The van der Waals surface area contributed by atoms with Crippen LogP contribution in [0.1, 0.15) is 36.5 Å². The maximum Gasteiger partial charge on any atom is 0.252 e. The molecule has 0 saturated heterocycles. The van der Waals surface area contributed by atoms with Crippen LogP contribution in [0.3, 0.4) is 0 Å². The van der Waals surface area contributed by atoms with Crippen LogP contribution in [0, 0.1) is 5.41 Å². The minimum atomic E-state index is -3.96. The molecule has 1 saturated carbocycles. The maximum absolute atomic E-state index is 12.2. The molecule has 5 nitrogen and oxygen atoms in total. The van der Waals surface area contributed by atoms with E-state index in [9.17, 15) is 13.2 Å². The highest BCUT2D eigenvalue weighted by Crippen LogP contribution is 2.39. The Labute approximate surface area is 133 Å². The van der Waals surface area contributed by atoms with Crippen molar-refractivity contribution in [1.82, 2.24) is 5.32 Å². The number of amides is 1. The largest absolute Gasteiger partial charge is 0.351 e. The molecule has 2 rings (SSSR count). The summed E-state index contributed by atoms with van der Waals surface area (Å²) in [6, 6.07) is 2.27. The predicted octanol–water partition coefficient (Wildman–Crippen LogP) is 2.56. The molecule has 0 radical (unpaired) electrons. The molecule has 0 aliphatic heterocycles. The van der Waals surface area contributed by atoms with Crippen molar-refractivity contribution < 1.29 is 13.2 Å². The molecule has 0 heterocycles. The van der Waals surface area contributed by atoms with Crippen molar-refractivity contribution in [3.63, 3.8) is 0 Å². The van der Waals surface area contributed by atoms with Crippen LogP contribution in [0.4, 0.5) is 0 Å². The van der Waals surface area contributed by atoms with E-state index in [4.69, 9.17) is 28.3 Å². The molecular weight excluding hydrogens is 335 g/mol. The van der Waals surface area contributed by atoms with Crippen LogP contribution >= 0.6 is 23.2 Å². The topological polar surface area (TPSA) is 89.3 Å². The number of nitrogens with one attached hydrogen (secondary N) is 1. The lowest BCUT2D eigenvalue weighted by molar-refractivity contribution is 0.0890. The first-order valence-electron chi connectivity index (χ1n) is 6.42. The van der Waals surface area contributed by atoms with E-state index in [1.54, 1.807) is 0 Å². The molecule has 0 atom stereocenters. The van der Waals surface area contributed by atoms with Crippen LogP contribution in [0.2, 0.25) is 10.0 Å². The summed E-state index contributed by atoms with van der Waals surface area (Å²) in [6.07, 6.45) is 3.26. The van der Waals surface area contributed by atoms with Gasteiger partial charge in [0.2, 0.25) is 10.0 Å². The van der Waals surface area contributed by atoms with Gasteiger partial charge >= 0.3 is 0 Å². The predicted molar refractivity (Wildman–Crippen MR) is 82.1 cm³/mol. The second-order valence-corrected chi connectivity index (χ2v) is 8.01. The van der Waals surface area contributed by atoms with Crippen molar-refractivity contribution in [1.29, 1.82) is 0 Å². The van der Waals surface area contributed by atoms with Crippen LogP contribution in [-0.4, -0.2) is 20.9 Å². The first-order valence-corrected chi connectivity index (χ1v) is 8.73. The third-order valence-electron chi connectivity index (χ3n) is 3.81. The zero-order valence-electron chi connectivity index (χ0n) is 11.4. The Kier molecular flexibility index (Phi) is 4.54. The van der Waals surface area contributed by atoms with Crippen molar-refractivity contribution in [2.75, 3.05) is 6.54 Å². The summed E-state index contributed by atoms with van der Waals surface area (Å²) in [5.41, 5.74) is 0.111. The molecular formula is C13H16Cl2N2O3S. The summed E-state index contributed by atoms with van der Waals surface area (Å²) in [7, 11) is -3.96. The molecule has 3 N–H and O–H groups in total. The highest BCUT2D eigenvalue weighted by molar-refractivity contribution is 7.89. The molecule has 1 aliphatic rings. The normalized spacial score (nSPS) is 17.1. The molecule has 8 heteroatoms. The second-order valence-electron chi connectivity index (χ2n) is 5.66. The average Bonchev–Trinajstić information content (AvgIpc) is 2.35. The molecule has 1 aromatic carbocycles. The molecule has 116 valence electrons. The van der Waals surface area contributed by atoms with Crippen LogP contribution < -0.4 is 10.5 Å². The van der Waals surface area contributed by atoms with E-state index in [1.165, 1.54) is 0 Å². The molecule has 1 amide bonds. The standard InChI is InChI=1S/C13H16Cl2N2O3S/c1-13(3-2-4-13)7-17-12(18)9-5-8(21(16,19)20)6-10(14)11(9)15/h5-6H,2-4,7H2,1H3,(H,17,18)(H2,16,19,20). The Bertz CT molecular complexity index is 685. The van der Waals surface area contributed by atoms with Gasteiger partial charge in [0.05, 0.1) is 20.5 Å². The summed E-state index contributed by atoms with van der Waals surface area (Å²) in [6.45, 7) is 2.60. The van der Waals surface area contributed by atoms with Gasteiger partial charge in [-0.05, 0) is 30.4 Å². The second kappa shape index (κ2) is 5.76.